The van der Waals surface area contributed by atoms with Crippen LogP contribution in [0.2, 0.25) is 0 Å². The predicted octanol–water partition coefficient (Wildman–Crippen LogP) is 2.79. The van der Waals surface area contributed by atoms with E-state index in [1.54, 1.807) is 12.1 Å². The molecular weight excluding hydrogens is 352 g/mol. The minimum Gasteiger partial charge on any atom is -0.504 e. The summed E-state index contributed by atoms with van der Waals surface area (Å²) in [6, 6.07) is 8.45. The number of hydrogen-bond donors (Lipinski definition) is 4. The van der Waals surface area contributed by atoms with Crippen LogP contribution in [0, 0.1) is 0 Å². The fourth-order valence-electron chi connectivity index (χ4n) is 2.63. The molecule has 0 spiro atoms. The molecule has 0 aliphatic carbocycles. The summed E-state index contributed by atoms with van der Waals surface area (Å²) in [5.41, 5.74) is 0.566. The number of anilines is 2. The summed E-state index contributed by atoms with van der Waals surface area (Å²) in [7, 11) is 0. The molecule has 0 aliphatic heterocycles. The largest absolute Gasteiger partial charge is 0.504 e. The number of aromatic hydroxyl groups is 2. The van der Waals surface area contributed by atoms with Gasteiger partial charge in [0.05, 0.1) is 16.8 Å². The van der Waals surface area contributed by atoms with E-state index in [0.717, 1.165) is 0 Å². The van der Waals surface area contributed by atoms with Crippen molar-refractivity contribution < 1.29 is 24.2 Å². The molecule has 0 fully saturated rings. The highest BCUT2D eigenvalue weighted by Gasteiger charge is 2.15. The smallest absolute Gasteiger partial charge is 0.221 e. The lowest BCUT2D eigenvalue weighted by Gasteiger charge is -2.12. The van der Waals surface area contributed by atoms with E-state index in [4.69, 9.17) is 4.42 Å². The van der Waals surface area contributed by atoms with Crippen LogP contribution in [0.3, 0.4) is 0 Å². The van der Waals surface area contributed by atoms with Crippen LogP contribution in [0.1, 0.15) is 13.8 Å². The zero-order valence-electron chi connectivity index (χ0n) is 14.5. The third-order valence-corrected chi connectivity index (χ3v) is 3.78. The molecule has 1 aromatic heterocycles. The molecule has 2 aromatic carbocycles. The van der Waals surface area contributed by atoms with Gasteiger partial charge in [0.25, 0.3) is 0 Å². The highest BCUT2D eigenvalue weighted by atomic mass is 16.4. The highest BCUT2D eigenvalue weighted by molar-refractivity contribution is 5.99. The van der Waals surface area contributed by atoms with E-state index >= 15 is 0 Å². The second kappa shape index (κ2) is 6.83. The molecule has 0 bridgehead atoms. The molecule has 27 heavy (non-hydrogen) atoms. The molecule has 3 rings (SSSR count). The fraction of sp³-hybridized carbons (Fsp3) is 0.105. The molecule has 0 aliphatic rings. The molecule has 8 heteroatoms. The average Bonchev–Trinajstić information content (AvgIpc) is 2.59. The monoisotopic (exact) mass is 368 g/mol. The molecule has 8 nitrogen and oxygen atoms in total. The summed E-state index contributed by atoms with van der Waals surface area (Å²) in [4.78, 5) is 35.1. The van der Waals surface area contributed by atoms with Crippen LogP contribution in [-0.4, -0.2) is 22.0 Å². The minimum absolute atomic E-state index is 0.117. The number of amides is 2. The highest BCUT2D eigenvalue weighted by Crippen LogP contribution is 2.35. The Balaban J connectivity index is 2.18. The predicted molar refractivity (Wildman–Crippen MR) is 99.9 cm³/mol. The van der Waals surface area contributed by atoms with E-state index in [0.29, 0.717) is 16.9 Å². The van der Waals surface area contributed by atoms with Crippen molar-refractivity contribution in [2.45, 2.75) is 13.8 Å². The van der Waals surface area contributed by atoms with E-state index in [-0.39, 0.29) is 28.5 Å². The number of benzene rings is 2. The Hall–Kier alpha value is -3.81. The molecular formula is C19H16N2O6. The third-order valence-electron chi connectivity index (χ3n) is 3.78. The normalized spacial score (nSPS) is 10.6. The first-order valence-electron chi connectivity index (χ1n) is 7.94. The Bertz CT molecular complexity index is 1130. The summed E-state index contributed by atoms with van der Waals surface area (Å²) in [5.74, 6) is -1.49. The SMILES string of the molecule is CC(=O)Nc1ccc(-c2cc(=O)c3ccc(O)c(O)c3o2)cc1NC(C)=O. The first-order chi connectivity index (χ1) is 12.8. The number of nitrogens with one attached hydrogen (secondary N) is 2. The molecule has 0 atom stereocenters. The van der Waals surface area contributed by atoms with Crippen LogP contribution in [0.4, 0.5) is 11.4 Å². The van der Waals surface area contributed by atoms with E-state index in [9.17, 15) is 24.6 Å². The van der Waals surface area contributed by atoms with E-state index in [1.165, 1.54) is 38.1 Å². The lowest BCUT2D eigenvalue weighted by Crippen LogP contribution is -2.12. The van der Waals surface area contributed by atoms with Gasteiger partial charge in [0, 0.05) is 25.5 Å². The minimum atomic E-state index is -0.539. The van der Waals surface area contributed by atoms with Crippen molar-refractivity contribution in [3.05, 3.63) is 46.6 Å². The second-order valence-electron chi connectivity index (χ2n) is 5.91. The van der Waals surface area contributed by atoms with Crippen LogP contribution in [-0.2, 0) is 9.59 Å². The number of carbonyl (C=O) groups excluding carboxylic acids is 2. The maximum Gasteiger partial charge on any atom is 0.221 e. The number of hydrogen-bond acceptors (Lipinski definition) is 6. The average molecular weight is 368 g/mol. The Morgan fingerprint density at radius 1 is 0.926 bits per heavy atom. The van der Waals surface area contributed by atoms with Crippen molar-refractivity contribution in [3.63, 3.8) is 0 Å². The molecule has 1 heterocycles. The summed E-state index contributed by atoms with van der Waals surface area (Å²) >= 11 is 0. The maximum absolute atomic E-state index is 12.3. The number of phenolic OH excluding ortho intramolecular Hbond substituents is 2. The van der Waals surface area contributed by atoms with Gasteiger partial charge >= 0.3 is 0 Å². The zero-order valence-corrected chi connectivity index (χ0v) is 14.5. The van der Waals surface area contributed by atoms with Gasteiger partial charge in [0.2, 0.25) is 17.6 Å². The first kappa shape index (κ1) is 18.0. The second-order valence-corrected chi connectivity index (χ2v) is 5.91. The Morgan fingerprint density at radius 3 is 2.26 bits per heavy atom. The summed E-state index contributed by atoms with van der Waals surface area (Å²) in [6.07, 6.45) is 0. The van der Waals surface area contributed by atoms with Crippen LogP contribution >= 0.6 is 0 Å². The van der Waals surface area contributed by atoms with Crippen LogP contribution in [0.5, 0.6) is 11.5 Å². The molecule has 0 radical (unpaired) electrons. The topological polar surface area (TPSA) is 129 Å². The first-order valence-corrected chi connectivity index (χ1v) is 7.94. The molecule has 2 amide bonds. The van der Waals surface area contributed by atoms with Crippen molar-refractivity contribution in [2.75, 3.05) is 10.6 Å². The molecule has 138 valence electrons. The maximum atomic E-state index is 12.3. The van der Waals surface area contributed by atoms with Crippen molar-refractivity contribution >= 4 is 34.2 Å². The molecule has 4 N–H and O–H groups in total. The lowest BCUT2D eigenvalue weighted by molar-refractivity contribution is -0.115. The fourth-order valence-corrected chi connectivity index (χ4v) is 2.63. The van der Waals surface area contributed by atoms with Gasteiger partial charge in [0.15, 0.2) is 16.8 Å². The van der Waals surface area contributed by atoms with Gasteiger partial charge in [-0.2, -0.15) is 0 Å². The van der Waals surface area contributed by atoms with Crippen LogP contribution in [0.25, 0.3) is 22.3 Å². The molecule has 0 saturated heterocycles. The Labute approximate surface area is 153 Å². The van der Waals surface area contributed by atoms with E-state index in [1.807, 2.05) is 0 Å². The van der Waals surface area contributed by atoms with E-state index < -0.39 is 16.9 Å². The lowest BCUT2D eigenvalue weighted by atomic mass is 10.1. The van der Waals surface area contributed by atoms with Crippen LogP contribution in [0.15, 0.2) is 45.6 Å². The van der Waals surface area contributed by atoms with Crippen molar-refractivity contribution in [1.29, 1.82) is 0 Å². The van der Waals surface area contributed by atoms with Gasteiger partial charge in [-0.05, 0) is 30.3 Å². The molecule has 0 unspecified atom stereocenters. The molecule has 3 aromatic rings. The number of phenols is 2. The third kappa shape index (κ3) is 3.59. The Kier molecular flexibility index (Phi) is 4.55. The summed E-state index contributed by atoms with van der Waals surface area (Å²) in [6.45, 7) is 2.66. The standard InChI is InChI=1S/C19H16N2O6/c1-9(22)20-13-5-3-11(7-14(13)21-10(2)23)17-8-16(25)12-4-6-15(24)18(26)19(12)27-17/h3-8,24,26H,1-2H3,(H,20,22)(H,21,23). The van der Waals surface area contributed by atoms with Crippen molar-refractivity contribution in [3.8, 4) is 22.8 Å². The van der Waals surface area contributed by atoms with E-state index in [2.05, 4.69) is 10.6 Å². The van der Waals surface area contributed by atoms with Gasteiger partial charge < -0.3 is 25.3 Å². The quantitative estimate of drug-likeness (QED) is 0.526. The van der Waals surface area contributed by atoms with Gasteiger partial charge in [-0.25, -0.2) is 0 Å². The zero-order chi connectivity index (χ0) is 19.7. The molecule has 0 saturated carbocycles. The number of carbonyl (C=O) groups is 2. The van der Waals surface area contributed by atoms with Gasteiger partial charge in [-0.1, -0.05) is 0 Å². The summed E-state index contributed by atoms with van der Waals surface area (Å²) < 4.78 is 5.61. The number of rotatable bonds is 3. The van der Waals surface area contributed by atoms with Crippen LogP contribution < -0.4 is 16.1 Å². The summed E-state index contributed by atoms with van der Waals surface area (Å²) in [5, 5.41) is 24.9. The van der Waals surface area contributed by atoms with Gasteiger partial charge in [-0.15, -0.1) is 0 Å². The van der Waals surface area contributed by atoms with Gasteiger partial charge in [-0.3, -0.25) is 14.4 Å². The van der Waals surface area contributed by atoms with Gasteiger partial charge in [0.1, 0.15) is 5.76 Å². The Morgan fingerprint density at radius 2 is 1.59 bits per heavy atom. The van der Waals surface area contributed by atoms with Crippen molar-refractivity contribution in [2.24, 2.45) is 0 Å². The van der Waals surface area contributed by atoms with Crippen molar-refractivity contribution in [1.82, 2.24) is 0 Å². The number of fused-ring (bicyclic) bond motifs is 1.